The molecule has 1 saturated carbocycles. The fraction of sp³-hybridized carbons (Fsp3) is 0.350. The number of pyridine rings is 1. The van der Waals surface area contributed by atoms with Gasteiger partial charge in [0.15, 0.2) is 0 Å². The Balaban J connectivity index is 1.67. The molecule has 3 rings (SSSR count). The molecule has 1 heterocycles. The Labute approximate surface area is 172 Å². The molecule has 1 aliphatic rings. The van der Waals surface area contributed by atoms with Crippen molar-refractivity contribution in [1.82, 2.24) is 9.88 Å². The third-order valence-electron chi connectivity index (χ3n) is 4.54. The molecule has 0 unspecified atom stereocenters. The van der Waals surface area contributed by atoms with Crippen molar-refractivity contribution in [3.8, 4) is 5.75 Å². The zero-order valence-corrected chi connectivity index (χ0v) is 15.9. The Kier molecular flexibility index (Phi) is 5.01. The number of benzene rings is 1. The SMILES string of the molecule is [2H]C([2H])([2H])N(C(=O)c1ccc(Cl)nc1)C1CCC(Oc2ccc([N+]#[C-])c(Cl)c2)CC1. The molecule has 0 aliphatic heterocycles. The van der Waals surface area contributed by atoms with E-state index in [1.807, 2.05) is 0 Å². The summed E-state index contributed by atoms with van der Waals surface area (Å²) in [7, 11) is 0. The van der Waals surface area contributed by atoms with Gasteiger partial charge in [-0.05, 0) is 49.9 Å². The lowest BCUT2D eigenvalue weighted by Gasteiger charge is -2.34. The minimum Gasteiger partial charge on any atom is -0.490 e. The quantitative estimate of drug-likeness (QED) is 0.504. The molecule has 0 atom stereocenters. The van der Waals surface area contributed by atoms with E-state index in [-0.39, 0.29) is 16.8 Å². The van der Waals surface area contributed by atoms with Gasteiger partial charge in [0.2, 0.25) is 5.69 Å². The molecule has 0 radical (unpaired) electrons. The Morgan fingerprint density at radius 2 is 2.07 bits per heavy atom. The fourth-order valence-corrected chi connectivity index (χ4v) is 3.40. The molecule has 0 bridgehead atoms. The van der Waals surface area contributed by atoms with Crippen molar-refractivity contribution in [2.45, 2.75) is 37.8 Å². The minimum absolute atomic E-state index is 0.123. The molecular weight excluding hydrogens is 385 g/mol. The molecular formula is C20H19Cl2N3O2. The molecule has 0 N–H and O–H groups in total. The molecule has 2 aromatic rings. The summed E-state index contributed by atoms with van der Waals surface area (Å²) in [5, 5.41) is 0.557. The Hall–Kier alpha value is -2.29. The highest BCUT2D eigenvalue weighted by atomic mass is 35.5. The molecule has 1 amide bonds. The van der Waals surface area contributed by atoms with E-state index < -0.39 is 18.9 Å². The van der Waals surface area contributed by atoms with E-state index in [4.69, 9.17) is 38.6 Å². The number of rotatable bonds is 4. The number of carbonyl (C=O) groups excluding carboxylic acids is 1. The molecule has 27 heavy (non-hydrogen) atoms. The Morgan fingerprint density at radius 1 is 1.30 bits per heavy atom. The number of hydrogen-bond acceptors (Lipinski definition) is 3. The average molecular weight is 407 g/mol. The summed E-state index contributed by atoms with van der Waals surface area (Å²) in [5.41, 5.74) is 0.541. The van der Waals surface area contributed by atoms with Gasteiger partial charge in [0.1, 0.15) is 10.9 Å². The van der Waals surface area contributed by atoms with E-state index in [0.717, 1.165) is 4.90 Å². The van der Waals surface area contributed by atoms with E-state index in [1.54, 1.807) is 18.2 Å². The highest BCUT2D eigenvalue weighted by molar-refractivity contribution is 6.33. The Morgan fingerprint density at radius 3 is 2.67 bits per heavy atom. The van der Waals surface area contributed by atoms with Crippen LogP contribution in [0.4, 0.5) is 5.69 Å². The van der Waals surface area contributed by atoms with Crippen LogP contribution < -0.4 is 4.74 Å². The van der Waals surface area contributed by atoms with Gasteiger partial charge in [-0.2, -0.15) is 0 Å². The second kappa shape index (κ2) is 8.60. The van der Waals surface area contributed by atoms with Crippen molar-refractivity contribution in [3.63, 3.8) is 0 Å². The lowest BCUT2D eigenvalue weighted by molar-refractivity contribution is 0.0609. The monoisotopic (exact) mass is 406 g/mol. The third-order valence-corrected chi connectivity index (χ3v) is 5.07. The highest BCUT2D eigenvalue weighted by Gasteiger charge is 2.28. The van der Waals surface area contributed by atoms with Crippen LogP contribution in [-0.2, 0) is 0 Å². The van der Waals surface area contributed by atoms with Gasteiger partial charge in [-0.1, -0.05) is 29.3 Å². The van der Waals surface area contributed by atoms with Crippen LogP contribution in [0.15, 0.2) is 36.5 Å². The van der Waals surface area contributed by atoms with Crippen molar-refractivity contribution in [2.24, 2.45) is 0 Å². The van der Waals surface area contributed by atoms with Crippen LogP contribution in [0.2, 0.25) is 10.2 Å². The maximum Gasteiger partial charge on any atom is 0.255 e. The van der Waals surface area contributed by atoms with Gasteiger partial charge in [-0.25, -0.2) is 9.83 Å². The number of aromatic nitrogens is 1. The maximum absolute atomic E-state index is 12.9. The number of ether oxygens (including phenoxy) is 1. The second-order valence-corrected chi connectivity index (χ2v) is 7.11. The summed E-state index contributed by atoms with van der Waals surface area (Å²) >= 11 is 11.8. The number of halogens is 2. The summed E-state index contributed by atoms with van der Waals surface area (Å²) in [4.78, 5) is 21.0. The fourth-order valence-electron chi connectivity index (χ4n) is 3.07. The smallest absolute Gasteiger partial charge is 0.255 e. The Bertz CT molecular complexity index is 953. The zero-order chi connectivity index (χ0) is 21.9. The molecule has 140 valence electrons. The van der Waals surface area contributed by atoms with Crippen LogP contribution in [0.25, 0.3) is 4.85 Å². The lowest BCUT2D eigenvalue weighted by atomic mass is 9.91. The predicted molar refractivity (Wildman–Crippen MR) is 106 cm³/mol. The van der Waals surface area contributed by atoms with E-state index in [2.05, 4.69) is 9.83 Å². The molecule has 1 fully saturated rings. The topological polar surface area (TPSA) is 46.8 Å². The van der Waals surface area contributed by atoms with Crippen LogP contribution >= 0.6 is 23.2 Å². The predicted octanol–water partition coefficient (Wildman–Crippen LogP) is 5.40. The lowest BCUT2D eigenvalue weighted by Crippen LogP contribution is -2.41. The van der Waals surface area contributed by atoms with Gasteiger partial charge in [0.25, 0.3) is 5.91 Å². The standard InChI is InChI=1S/C20H19Cl2N3O2/c1-23-18-9-8-16(11-17(18)21)27-15-6-4-14(5-7-15)25(2)20(26)13-3-10-19(22)24-12-13/h3,8-12,14-15H,4-7H2,2H3/i2D3. The van der Waals surface area contributed by atoms with E-state index >= 15 is 0 Å². The van der Waals surface area contributed by atoms with Crippen LogP contribution in [0.1, 0.15) is 40.2 Å². The highest BCUT2D eigenvalue weighted by Crippen LogP contribution is 2.32. The first-order valence-corrected chi connectivity index (χ1v) is 9.23. The number of amides is 1. The number of hydrogen-bond donors (Lipinski definition) is 0. The zero-order valence-electron chi connectivity index (χ0n) is 17.4. The minimum atomic E-state index is -2.57. The third kappa shape index (κ3) is 4.71. The molecule has 1 aromatic heterocycles. The summed E-state index contributed by atoms with van der Waals surface area (Å²) in [6.07, 6.45) is 3.32. The summed E-state index contributed by atoms with van der Waals surface area (Å²) in [5.74, 6) is -0.0307. The van der Waals surface area contributed by atoms with Gasteiger partial charge in [0.05, 0.1) is 23.3 Å². The van der Waals surface area contributed by atoms with Gasteiger partial charge in [0, 0.05) is 23.3 Å². The first-order valence-electron chi connectivity index (χ1n) is 9.98. The molecule has 5 nitrogen and oxygen atoms in total. The van der Waals surface area contributed by atoms with E-state index in [1.165, 1.54) is 18.3 Å². The second-order valence-electron chi connectivity index (χ2n) is 6.32. The normalized spacial score (nSPS) is 21.3. The maximum atomic E-state index is 12.9. The van der Waals surface area contributed by atoms with Crippen LogP contribution in [0, 0.1) is 6.57 Å². The van der Waals surface area contributed by atoms with Gasteiger partial charge in [-0.3, -0.25) is 4.79 Å². The molecule has 7 heteroatoms. The average Bonchev–Trinajstić information content (AvgIpc) is 2.69. The van der Waals surface area contributed by atoms with Crippen molar-refractivity contribution < 1.29 is 13.6 Å². The molecule has 0 spiro atoms. The summed E-state index contributed by atoms with van der Waals surface area (Å²) in [6, 6.07) is 7.40. The van der Waals surface area contributed by atoms with Crippen molar-refractivity contribution in [2.75, 3.05) is 6.98 Å². The first kappa shape index (κ1) is 15.7. The summed E-state index contributed by atoms with van der Waals surface area (Å²) < 4.78 is 29.5. The molecule has 1 aliphatic carbocycles. The van der Waals surface area contributed by atoms with Crippen molar-refractivity contribution >= 4 is 34.8 Å². The van der Waals surface area contributed by atoms with Crippen molar-refractivity contribution in [3.05, 3.63) is 63.7 Å². The van der Waals surface area contributed by atoms with Gasteiger partial charge in [-0.15, -0.1) is 0 Å². The van der Waals surface area contributed by atoms with Crippen LogP contribution in [0.3, 0.4) is 0 Å². The number of nitrogens with zero attached hydrogens (tertiary/aromatic N) is 3. The van der Waals surface area contributed by atoms with Crippen LogP contribution in [-0.4, -0.2) is 34.9 Å². The molecule has 1 aromatic carbocycles. The molecule has 0 saturated heterocycles. The van der Waals surface area contributed by atoms with E-state index in [9.17, 15) is 4.79 Å². The van der Waals surface area contributed by atoms with E-state index in [0.29, 0.717) is 42.1 Å². The summed E-state index contributed by atoms with van der Waals surface area (Å²) in [6.45, 7) is 4.47. The van der Waals surface area contributed by atoms with Gasteiger partial charge < -0.3 is 9.64 Å². The van der Waals surface area contributed by atoms with Crippen LogP contribution in [0.5, 0.6) is 5.75 Å². The first-order chi connectivity index (χ1) is 14.2. The largest absolute Gasteiger partial charge is 0.490 e. The number of carbonyl (C=O) groups is 1. The van der Waals surface area contributed by atoms with Crippen molar-refractivity contribution in [1.29, 1.82) is 0 Å². The van der Waals surface area contributed by atoms with Gasteiger partial charge >= 0.3 is 0 Å².